The first-order valence-corrected chi connectivity index (χ1v) is 3.88. The van der Waals surface area contributed by atoms with Crippen LogP contribution < -0.4 is 5.73 Å². The molecule has 1 fully saturated rings. The first kappa shape index (κ1) is 9.44. The summed E-state index contributed by atoms with van der Waals surface area (Å²) in [5.41, 5.74) is 5.07. The third-order valence-electron chi connectivity index (χ3n) is 2.14. The number of hydrogen-bond acceptors (Lipinski definition) is 4. The number of rotatable bonds is 1. The van der Waals surface area contributed by atoms with Crippen LogP contribution in [0, 0.1) is 0 Å². The average Bonchev–Trinajstić information content (AvgIpc) is 1.82. The van der Waals surface area contributed by atoms with Gasteiger partial charge in [0.25, 0.3) is 0 Å². The lowest BCUT2D eigenvalue weighted by Crippen LogP contribution is -2.57. The summed E-state index contributed by atoms with van der Waals surface area (Å²) < 4.78 is 0. The Morgan fingerprint density at radius 2 is 2.17 bits per heavy atom. The lowest BCUT2D eigenvalue weighted by Gasteiger charge is -2.36. The van der Waals surface area contributed by atoms with Crippen molar-refractivity contribution in [2.75, 3.05) is 13.6 Å². The van der Waals surface area contributed by atoms with Gasteiger partial charge < -0.3 is 15.9 Å². The van der Waals surface area contributed by atoms with E-state index in [1.54, 1.807) is 11.9 Å². The molecule has 3 atom stereocenters. The minimum absolute atomic E-state index is 0.220. The third kappa shape index (κ3) is 1.74. The highest BCUT2D eigenvalue weighted by atomic mass is 16.3. The molecule has 0 radical (unpaired) electrons. The summed E-state index contributed by atoms with van der Waals surface area (Å²) in [5, 5.41) is 18.6. The van der Waals surface area contributed by atoms with E-state index in [1.165, 1.54) is 0 Å². The van der Waals surface area contributed by atoms with E-state index in [2.05, 4.69) is 0 Å². The van der Waals surface area contributed by atoms with E-state index in [9.17, 15) is 15.0 Å². The van der Waals surface area contributed by atoms with Crippen molar-refractivity contribution < 1.29 is 15.0 Å². The van der Waals surface area contributed by atoms with E-state index in [1.807, 2.05) is 0 Å². The summed E-state index contributed by atoms with van der Waals surface area (Å²) in [4.78, 5) is 12.4. The maximum atomic E-state index is 10.8. The highest BCUT2D eigenvalue weighted by Gasteiger charge is 2.35. The van der Waals surface area contributed by atoms with Crippen LogP contribution in [-0.2, 0) is 4.79 Å². The molecule has 0 aromatic rings. The minimum atomic E-state index is -0.851. The van der Waals surface area contributed by atoms with Gasteiger partial charge in [0, 0.05) is 13.0 Å². The van der Waals surface area contributed by atoms with Gasteiger partial charge in [0.2, 0.25) is 5.91 Å². The van der Waals surface area contributed by atoms with Crippen LogP contribution in [0.1, 0.15) is 6.42 Å². The van der Waals surface area contributed by atoms with E-state index in [0.29, 0.717) is 6.54 Å². The van der Waals surface area contributed by atoms with Gasteiger partial charge in [0.05, 0.1) is 12.2 Å². The van der Waals surface area contributed by atoms with E-state index < -0.39 is 24.2 Å². The van der Waals surface area contributed by atoms with Crippen molar-refractivity contribution in [3.05, 3.63) is 0 Å². The standard InChI is InChI=1S/C7H14N2O3/c1-9-3-4(10)2-5(11)6(9)7(8)12/h4-6,10-11H,2-3H2,1H3,(H2,8,12)/t4-,5+,6+/m1/s1. The van der Waals surface area contributed by atoms with Gasteiger partial charge in [-0.2, -0.15) is 0 Å². The second-order valence-electron chi connectivity index (χ2n) is 3.24. The molecule has 70 valence electrons. The zero-order chi connectivity index (χ0) is 9.30. The van der Waals surface area contributed by atoms with Crippen LogP contribution in [0.3, 0.4) is 0 Å². The Kier molecular flexibility index (Phi) is 2.66. The van der Waals surface area contributed by atoms with Gasteiger partial charge in [-0.1, -0.05) is 0 Å². The molecule has 1 rings (SSSR count). The first-order chi connectivity index (χ1) is 5.52. The number of carbonyl (C=O) groups excluding carboxylic acids is 1. The Balaban J connectivity index is 2.66. The molecule has 5 heteroatoms. The number of piperidine rings is 1. The molecule has 4 N–H and O–H groups in total. The molecular formula is C7H14N2O3. The van der Waals surface area contributed by atoms with Crippen LogP contribution in [0.2, 0.25) is 0 Å². The molecule has 0 bridgehead atoms. The third-order valence-corrected chi connectivity index (χ3v) is 2.14. The SMILES string of the molecule is CN1C[C@H](O)C[C@H](O)[C@H]1C(N)=O. The van der Waals surface area contributed by atoms with Crippen molar-refractivity contribution in [2.24, 2.45) is 5.73 Å². The summed E-state index contributed by atoms with van der Waals surface area (Å²) >= 11 is 0. The second kappa shape index (κ2) is 3.38. The normalized spacial score (nSPS) is 38.1. The zero-order valence-electron chi connectivity index (χ0n) is 6.97. The average molecular weight is 174 g/mol. The van der Waals surface area contributed by atoms with Gasteiger partial charge in [-0.05, 0) is 7.05 Å². The van der Waals surface area contributed by atoms with Crippen molar-refractivity contribution in [1.29, 1.82) is 0 Å². The van der Waals surface area contributed by atoms with E-state index in [4.69, 9.17) is 5.73 Å². The maximum absolute atomic E-state index is 10.8. The summed E-state index contributed by atoms with van der Waals surface area (Å²) in [6.45, 7) is 0.380. The largest absolute Gasteiger partial charge is 0.392 e. The number of amides is 1. The number of primary amides is 1. The molecule has 1 aliphatic rings. The van der Waals surface area contributed by atoms with Gasteiger partial charge in [-0.25, -0.2) is 0 Å². The lowest BCUT2D eigenvalue weighted by molar-refractivity contribution is -0.131. The molecule has 0 spiro atoms. The Morgan fingerprint density at radius 3 is 2.58 bits per heavy atom. The molecule has 0 saturated carbocycles. The lowest BCUT2D eigenvalue weighted by atomic mass is 9.97. The van der Waals surface area contributed by atoms with E-state index in [-0.39, 0.29) is 6.42 Å². The molecule has 0 aliphatic carbocycles. The van der Waals surface area contributed by atoms with Gasteiger partial charge in [0.1, 0.15) is 6.04 Å². The Hall–Kier alpha value is -0.650. The molecule has 1 amide bonds. The van der Waals surface area contributed by atoms with Crippen LogP contribution in [0.25, 0.3) is 0 Å². The molecule has 5 nitrogen and oxygen atoms in total. The van der Waals surface area contributed by atoms with Crippen LogP contribution in [0.15, 0.2) is 0 Å². The number of hydrogen-bond donors (Lipinski definition) is 3. The fraction of sp³-hybridized carbons (Fsp3) is 0.857. The Labute approximate surface area is 70.8 Å². The predicted molar refractivity (Wildman–Crippen MR) is 42.2 cm³/mol. The predicted octanol–water partition coefficient (Wildman–Crippen LogP) is -2.10. The second-order valence-corrected chi connectivity index (χ2v) is 3.24. The van der Waals surface area contributed by atoms with E-state index in [0.717, 1.165) is 0 Å². The maximum Gasteiger partial charge on any atom is 0.237 e. The van der Waals surface area contributed by atoms with Gasteiger partial charge in [0.15, 0.2) is 0 Å². The first-order valence-electron chi connectivity index (χ1n) is 3.88. The monoisotopic (exact) mass is 174 g/mol. The van der Waals surface area contributed by atoms with Crippen molar-refractivity contribution in [3.63, 3.8) is 0 Å². The van der Waals surface area contributed by atoms with Crippen molar-refractivity contribution >= 4 is 5.91 Å². The molecule has 0 aromatic heterocycles. The number of nitrogens with two attached hydrogens (primary N) is 1. The zero-order valence-corrected chi connectivity index (χ0v) is 6.97. The Bertz CT molecular complexity index is 173. The molecule has 1 aliphatic heterocycles. The van der Waals surface area contributed by atoms with Crippen molar-refractivity contribution in [1.82, 2.24) is 4.90 Å². The van der Waals surface area contributed by atoms with Crippen LogP contribution in [0.4, 0.5) is 0 Å². The smallest absolute Gasteiger partial charge is 0.237 e. The van der Waals surface area contributed by atoms with Gasteiger partial charge in [-0.15, -0.1) is 0 Å². The fourth-order valence-corrected chi connectivity index (χ4v) is 1.63. The summed E-state index contributed by atoms with van der Waals surface area (Å²) in [7, 11) is 1.65. The number of aliphatic hydroxyl groups excluding tert-OH is 2. The van der Waals surface area contributed by atoms with Crippen molar-refractivity contribution in [3.8, 4) is 0 Å². The molecule has 12 heavy (non-hydrogen) atoms. The van der Waals surface area contributed by atoms with E-state index >= 15 is 0 Å². The molecule has 0 unspecified atom stereocenters. The fourth-order valence-electron chi connectivity index (χ4n) is 1.63. The molecule has 0 aromatic carbocycles. The highest BCUT2D eigenvalue weighted by molar-refractivity contribution is 5.80. The number of β-amino-alcohol motifs (C(OH)–C–C–N with tert-alkyl or cyclic N) is 1. The number of carbonyl (C=O) groups is 1. The number of nitrogens with zero attached hydrogens (tertiary/aromatic N) is 1. The Morgan fingerprint density at radius 1 is 1.58 bits per heavy atom. The topological polar surface area (TPSA) is 86.8 Å². The summed E-state index contributed by atoms with van der Waals surface area (Å²) in [6.07, 6.45) is -1.20. The summed E-state index contributed by atoms with van der Waals surface area (Å²) in [6, 6.07) is -0.659. The van der Waals surface area contributed by atoms with Gasteiger partial charge in [-0.3, -0.25) is 9.69 Å². The van der Waals surface area contributed by atoms with Crippen LogP contribution >= 0.6 is 0 Å². The minimum Gasteiger partial charge on any atom is -0.392 e. The summed E-state index contributed by atoms with van der Waals surface area (Å²) in [5.74, 6) is -0.545. The molecular weight excluding hydrogens is 160 g/mol. The quantitative estimate of drug-likeness (QED) is 0.425. The van der Waals surface area contributed by atoms with Crippen LogP contribution in [-0.4, -0.2) is 52.9 Å². The number of likely N-dealkylation sites (tertiary alicyclic amines) is 1. The highest BCUT2D eigenvalue weighted by Crippen LogP contribution is 2.15. The van der Waals surface area contributed by atoms with Crippen molar-refractivity contribution in [2.45, 2.75) is 24.7 Å². The molecule has 1 heterocycles. The number of aliphatic hydroxyl groups is 2. The van der Waals surface area contributed by atoms with Crippen LogP contribution in [0.5, 0.6) is 0 Å². The molecule has 1 saturated heterocycles. The number of likely N-dealkylation sites (N-methyl/N-ethyl adjacent to an activating group) is 1. The van der Waals surface area contributed by atoms with Gasteiger partial charge >= 0.3 is 0 Å².